The summed E-state index contributed by atoms with van der Waals surface area (Å²) < 4.78 is 18.2. The van der Waals surface area contributed by atoms with Crippen molar-refractivity contribution < 1.29 is 13.9 Å². The van der Waals surface area contributed by atoms with E-state index in [-0.39, 0.29) is 18.3 Å². The third-order valence-corrected chi connectivity index (χ3v) is 2.70. The molecule has 0 saturated heterocycles. The molecule has 0 bridgehead atoms. The van der Waals surface area contributed by atoms with E-state index in [2.05, 4.69) is 10.6 Å². The van der Waals surface area contributed by atoms with Crippen LogP contribution in [0.15, 0.2) is 54.6 Å². The van der Waals surface area contributed by atoms with E-state index in [1.807, 2.05) is 30.3 Å². The molecule has 0 unspecified atom stereocenters. The molecule has 0 aromatic heterocycles. The van der Waals surface area contributed by atoms with Gasteiger partial charge >= 0.3 is 0 Å². The summed E-state index contributed by atoms with van der Waals surface area (Å²) in [5.41, 5.74) is 0.573. The van der Waals surface area contributed by atoms with Crippen molar-refractivity contribution in [2.24, 2.45) is 0 Å². The number of halogens is 1. The van der Waals surface area contributed by atoms with Crippen LogP contribution in [0.3, 0.4) is 0 Å². The van der Waals surface area contributed by atoms with Crippen LogP contribution in [-0.2, 0) is 4.79 Å². The fourth-order valence-corrected chi connectivity index (χ4v) is 1.70. The van der Waals surface area contributed by atoms with Gasteiger partial charge < -0.3 is 15.4 Å². The number of rotatable bonds is 7. The zero-order valence-corrected chi connectivity index (χ0v) is 11.5. The van der Waals surface area contributed by atoms with Crippen molar-refractivity contribution in [3.8, 4) is 5.75 Å². The summed E-state index contributed by atoms with van der Waals surface area (Å²) in [6.07, 6.45) is 0. The van der Waals surface area contributed by atoms with E-state index in [0.717, 1.165) is 5.75 Å². The Morgan fingerprint density at radius 2 is 1.76 bits per heavy atom. The highest BCUT2D eigenvalue weighted by Crippen LogP contribution is 2.08. The molecule has 0 heterocycles. The van der Waals surface area contributed by atoms with E-state index in [0.29, 0.717) is 18.8 Å². The monoisotopic (exact) mass is 288 g/mol. The van der Waals surface area contributed by atoms with E-state index >= 15 is 0 Å². The Labute approximate surface area is 122 Å². The van der Waals surface area contributed by atoms with Crippen LogP contribution in [0.4, 0.5) is 10.1 Å². The number of amides is 1. The van der Waals surface area contributed by atoms with Gasteiger partial charge in [-0.05, 0) is 36.4 Å². The first-order valence-corrected chi connectivity index (χ1v) is 6.68. The van der Waals surface area contributed by atoms with E-state index in [9.17, 15) is 9.18 Å². The van der Waals surface area contributed by atoms with E-state index in [1.54, 1.807) is 0 Å². The SMILES string of the molecule is O=C(CNCCOc1ccccc1)Nc1ccc(F)cc1. The molecule has 2 N–H and O–H groups in total. The van der Waals surface area contributed by atoms with E-state index in [4.69, 9.17) is 4.74 Å². The zero-order chi connectivity index (χ0) is 14.9. The molecule has 0 aliphatic rings. The maximum atomic E-state index is 12.7. The molecule has 0 saturated carbocycles. The number of para-hydroxylation sites is 1. The van der Waals surface area contributed by atoms with Crippen molar-refractivity contribution in [1.29, 1.82) is 0 Å². The van der Waals surface area contributed by atoms with E-state index < -0.39 is 0 Å². The highest BCUT2D eigenvalue weighted by Gasteiger charge is 2.01. The Kier molecular flexibility index (Phi) is 5.72. The first-order chi connectivity index (χ1) is 10.2. The van der Waals surface area contributed by atoms with Gasteiger partial charge in [0.05, 0.1) is 6.54 Å². The van der Waals surface area contributed by atoms with Gasteiger partial charge in [-0.2, -0.15) is 0 Å². The number of hydrogen-bond donors (Lipinski definition) is 2. The molecule has 4 nitrogen and oxygen atoms in total. The minimum atomic E-state index is -0.329. The van der Waals surface area contributed by atoms with Crippen LogP contribution in [-0.4, -0.2) is 25.6 Å². The van der Waals surface area contributed by atoms with Gasteiger partial charge in [-0.1, -0.05) is 18.2 Å². The molecule has 0 aliphatic heterocycles. The highest BCUT2D eigenvalue weighted by molar-refractivity contribution is 5.92. The molecule has 0 atom stereocenters. The van der Waals surface area contributed by atoms with Crippen LogP contribution in [0, 0.1) is 5.82 Å². The molecule has 5 heteroatoms. The lowest BCUT2D eigenvalue weighted by molar-refractivity contribution is -0.115. The number of benzene rings is 2. The van der Waals surface area contributed by atoms with Crippen LogP contribution >= 0.6 is 0 Å². The quantitative estimate of drug-likeness (QED) is 0.769. The molecule has 2 aromatic rings. The Morgan fingerprint density at radius 3 is 2.48 bits per heavy atom. The molecular weight excluding hydrogens is 271 g/mol. The molecule has 2 aromatic carbocycles. The van der Waals surface area contributed by atoms with Crippen LogP contribution in [0.2, 0.25) is 0 Å². The van der Waals surface area contributed by atoms with Crippen LogP contribution in [0.25, 0.3) is 0 Å². The van der Waals surface area contributed by atoms with Gasteiger partial charge in [0.15, 0.2) is 0 Å². The smallest absolute Gasteiger partial charge is 0.238 e. The summed E-state index contributed by atoms with van der Waals surface area (Å²) in [6, 6.07) is 15.1. The Balaban J connectivity index is 1.60. The fraction of sp³-hybridized carbons (Fsp3) is 0.188. The third kappa shape index (κ3) is 5.62. The van der Waals surface area contributed by atoms with Crippen molar-refractivity contribution >= 4 is 11.6 Å². The first-order valence-electron chi connectivity index (χ1n) is 6.68. The van der Waals surface area contributed by atoms with Crippen molar-refractivity contribution in [3.63, 3.8) is 0 Å². The number of carbonyl (C=O) groups excluding carboxylic acids is 1. The maximum Gasteiger partial charge on any atom is 0.238 e. The van der Waals surface area contributed by atoms with Gasteiger partial charge in [0.2, 0.25) is 5.91 Å². The van der Waals surface area contributed by atoms with Gasteiger partial charge in [0, 0.05) is 12.2 Å². The standard InChI is InChI=1S/C16H17FN2O2/c17-13-6-8-14(9-7-13)19-16(20)12-18-10-11-21-15-4-2-1-3-5-15/h1-9,18H,10-12H2,(H,19,20). The van der Waals surface area contributed by atoms with Gasteiger partial charge in [-0.3, -0.25) is 4.79 Å². The molecule has 21 heavy (non-hydrogen) atoms. The second-order valence-corrected chi connectivity index (χ2v) is 4.39. The topological polar surface area (TPSA) is 50.4 Å². The summed E-state index contributed by atoms with van der Waals surface area (Å²) in [5, 5.41) is 5.64. The summed E-state index contributed by atoms with van der Waals surface area (Å²) in [4.78, 5) is 11.6. The predicted molar refractivity (Wildman–Crippen MR) is 79.8 cm³/mol. The molecule has 0 spiro atoms. The molecule has 0 aliphatic carbocycles. The molecule has 2 rings (SSSR count). The Hall–Kier alpha value is -2.40. The minimum Gasteiger partial charge on any atom is -0.492 e. The van der Waals surface area contributed by atoms with Crippen molar-refractivity contribution in [3.05, 3.63) is 60.4 Å². The maximum absolute atomic E-state index is 12.7. The number of anilines is 1. The largest absolute Gasteiger partial charge is 0.492 e. The van der Waals surface area contributed by atoms with Crippen molar-refractivity contribution in [1.82, 2.24) is 5.32 Å². The summed E-state index contributed by atoms with van der Waals surface area (Å²) in [5.74, 6) is 0.292. The lowest BCUT2D eigenvalue weighted by Crippen LogP contribution is -2.31. The third-order valence-electron chi connectivity index (χ3n) is 2.70. The average Bonchev–Trinajstić information content (AvgIpc) is 2.50. The number of ether oxygens (including phenoxy) is 1. The number of carbonyl (C=O) groups is 1. The average molecular weight is 288 g/mol. The molecule has 0 radical (unpaired) electrons. The summed E-state index contributed by atoms with van der Waals surface area (Å²) >= 11 is 0. The lowest BCUT2D eigenvalue weighted by Gasteiger charge is -2.08. The Morgan fingerprint density at radius 1 is 1.05 bits per heavy atom. The van der Waals surface area contributed by atoms with Gasteiger partial charge in [-0.15, -0.1) is 0 Å². The fourth-order valence-electron chi connectivity index (χ4n) is 1.70. The number of nitrogens with one attached hydrogen (secondary N) is 2. The van der Waals surface area contributed by atoms with Gasteiger partial charge in [0.25, 0.3) is 0 Å². The van der Waals surface area contributed by atoms with E-state index in [1.165, 1.54) is 24.3 Å². The molecule has 110 valence electrons. The van der Waals surface area contributed by atoms with Gasteiger partial charge in [0.1, 0.15) is 18.2 Å². The summed E-state index contributed by atoms with van der Waals surface area (Å²) in [7, 11) is 0. The zero-order valence-electron chi connectivity index (χ0n) is 11.5. The normalized spacial score (nSPS) is 10.1. The molecule has 0 fully saturated rings. The van der Waals surface area contributed by atoms with Crippen LogP contribution < -0.4 is 15.4 Å². The minimum absolute atomic E-state index is 0.176. The second kappa shape index (κ2) is 8.01. The van der Waals surface area contributed by atoms with Crippen LogP contribution in [0.1, 0.15) is 0 Å². The van der Waals surface area contributed by atoms with Crippen molar-refractivity contribution in [2.45, 2.75) is 0 Å². The molecular formula is C16H17FN2O2. The predicted octanol–water partition coefficient (Wildman–Crippen LogP) is 2.43. The Bertz CT molecular complexity index is 558. The van der Waals surface area contributed by atoms with Crippen LogP contribution in [0.5, 0.6) is 5.75 Å². The number of hydrogen-bond acceptors (Lipinski definition) is 3. The van der Waals surface area contributed by atoms with Gasteiger partial charge in [-0.25, -0.2) is 4.39 Å². The second-order valence-electron chi connectivity index (χ2n) is 4.39. The lowest BCUT2D eigenvalue weighted by atomic mass is 10.3. The van der Waals surface area contributed by atoms with Crippen molar-refractivity contribution in [2.75, 3.05) is 25.0 Å². The molecule has 1 amide bonds. The first kappa shape index (κ1) is 15.0. The highest BCUT2D eigenvalue weighted by atomic mass is 19.1. The summed E-state index contributed by atoms with van der Waals surface area (Å²) in [6.45, 7) is 1.22.